The largest absolute Gasteiger partial charge is 0.390 e. The summed E-state index contributed by atoms with van der Waals surface area (Å²) in [6, 6.07) is 2.96. The molecule has 4 nitrogen and oxygen atoms in total. The lowest BCUT2D eigenvalue weighted by atomic mass is 9.94. The van der Waals surface area contributed by atoms with Crippen molar-refractivity contribution < 1.29 is 9.90 Å². The zero-order valence-electron chi connectivity index (χ0n) is 9.36. The minimum Gasteiger partial charge on any atom is -0.390 e. The highest BCUT2D eigenvalue weighted by molar-refractivity contribution is 6.18. The molecule has 17 heavy (non-hydrogen) atoms. The first kappa shape index (κ1) is 12.3. The lowest BCUT2D eigenvalue weighted by Crippen LogP contribution is -2.32. The van der Waals surface area contributed by atoms with Crippen LogP contribution in [0, 0.1) is 0 Å². The molecule has 0 saturated heterocycles. The average molecular weight is 256 g/mol. The standard InChI is InChI=1S/C12H14ClNO3/c13-6-8(15)7-14-10-2-1-3-11(16)9(10)4-5-12(14)17/h4-5,8,15H,1-3,6-7H2. The van der Waals surface area contributed by atoms with Crippen LogP contribution in [0.4, 0.5) is 0 Å². The fourth-order valence-corrected chi connectivity index (χ4v) is 2.25. The molecule has 0 bridgehead atoms. The molecule has 0 amide bonds. The van der Waals surface area contributed by atoms with Gasteiger partial charge in [0.2, 0.25) is 0 Å². The number of ketones is 1. The van der Waals surface area contributed by atoms with Crippen molar-refractivity contribution in [2.45, 2.75) is 31.9 Å². The van der Waals surface area contributed by atoms with Gasteiger partial charge in [0.15, 0.2) is 5.78 Å². The first-order valence-corrected chi connectivity index (χ1v) is 6.17. The summed E-state index contributed by atoms with van der Waals surface area (Å²) in [7, 11) is 0. The van der Waals surface area contributed by atoms with Gasteiger partial charge in [0, 0.05) is 23.7 Å². The van der Waals surface area contributed by atoms with Crippen LogP contribution in [-0.2, 0) is 13.0 Å². The number of pyridine rings is 1. The summed E-state index contributed by atoms with van der Waals surface area (Å²) in [6.45, 7) is 0.152. The minimum atomic E-state index is -0.766. The fraction of sp³-hybridized carbons (Fsp3) is 0.500. The molecule has 1 unspecified atom stereocenters. The van der Waals surface area contributed by atoms with Gasteiger partial charge in [-0.05, 0) is 18.9 Å². The van der Waals surface area contributed by atoms with Gasteiger partial charge < -0.3 is 9.67 Å². The topological polar surface area (TPSA) is 59.3 Å². The second-order valence-corrected chi connectivity index (χ2v) is 4.54. The summed E-state index contributed by atoms with van der Waals surface area (Å²) in [5, 5.41) is 9.53. The Morgan fingerprint density at radius 2 is 2.12 bits per heavy atom. The Morgan fingerprint density at radius 3 is 2.82 bits per heavy atom. The molecular weight excluding hydrogens is 242 g/mol. The van der Waals surface area contributed by atoms with E-state index < -0.39 is 6.10 Å². The second kappa shape index (κ2) is 5.02. The van der Waals surface area contributed by atoms with Crippen molar-refractivity contribution in [2.24, 2.45) is 0 Å². The molecule has 5 heteroatoms. The molecule has 0 saturated carbocycles. The predicted molar refractivity (Wildman–Crippen MR) is 64.7 cm³/mol. The molecule has 1 aliphatic rings. The predicted octanol–water partition coefficient (Wildman–Crippen LogP) is 0.967. The third-order valence-corrected chi connectivity index (χ3v) is 3.34. The van der Waals surface area contributed by atoms with Crippen LogP contribution in [0.1, 0.15) is 28.9 Å². The summed E-state index contributed by atoms with van der Waals surface area (Å²) in [5.41, 5.74) is 1.15. The van der Waals surface area contributed by atoms with Gasteiger partial charge in [0.25, 0.3) is 5.56 Å². The van der Waals surface area contributed by atoms with Crippen molar-refractivity contribution in [2.75, 3.05) is 5.88 Å². The van der Waals surface area contributed by atoms with Gasteiger partial charge in [-0.1, -0.05) is 0 Å². The van der Waals surface area contributed by atoms with Crippen molar-refractivity contribution in [1.29, 1.82) is 0 Å². The van der Waals surface area contributed by atoms with E-state index in [0.29, 0.717) is 18.4 Å². The maximum atomic E-state index is 11.7. The summed E-state index contributed by atoms with van der Waals surface area (Å²) < 4.78 is 1.47. The number of aliphatic hydroxyl groups excluding tert-OH is 1. The molecule has 2 rings (SSSR count). The molecule has 92 valence electrons. The van der Waals surface area contributed by atoms with Gasteiger partial charge in [-0.25, -0.2) is 0 Å². The molecule has 0 aliphatic heterocycles. The first-order chi connectivity index (χ1) is 8.13. The highest BCUT2D eigenvalue weighted by atomic mass is 35.5. The van der Waals surface area contributed by atoms with Crippen LogP contribution in [0.3, 0.4) is 0 Å². The molecule has 0 spiro atoms. The Hall–Kier alpha value is -1.13. The number of aromatic nitrogens is 1. The normalized spacial score (nSPS) is 16.7. The molecule has 1 aromatic rings. The quantitative estimate of drug-likeness (QED) is 0.819. The Balaban J connectivity index is 2.46. The lowest BCUT2D eigenvalue weighted by molar-refractivity contribution is 0.0968. The average Bonchev–Trinajstić information content (AvgIpc) is 2.33. The zero-order valence-corrected chi connectivity index (χ0v) is 10.1. The van der Waals surface area contributed by atoms with Gasteiger partial charge in [0.05, 0.1) is 18.5 Å². The van der Waals surface area contributed by atoms with Crippen molar-refractivity contribution >= 4 is 17.4 Å². The zero-order chi connectivity index (χ0) is 12.4. The van der Waals surface area contributed by atoms with E-state index in [2.05, 4.69) is 0 Å². The van der Waals surface area contributed by atoms with Crippen LogP contribution < -0.4 is 5.56 Å². The minimum absolute atomic E-state index is 0.0698. The van der Waals surface area contributed by atoms with Gasteiger partial charge in [-0.15, -0.1) is 11.6 Å². The smallest absolute Gasteiger partial charge is 0.250 e. The van der Waals surface area contributed by atoms with Crippen molar-refractivity contribution in [1.82, 2.24) is 4.57 Å². The number of fused-ring (bicyclic) bond motifs is 1. The number of nitrogens with zero attached hydrogens (tertiary/aromatic N) is 1. The Kier molecular flexibility index (Phi) is 3.64. The molecule has 1 N–H and O–H groups in total. The Bertz CT molecular complexity index is 495. The number of Topliss-reactive ketones (excluding diaryl/α,β-unsaturated/α-hetero) is 1. The Morgan fingerprint density at radius 1 is 1.35 bits per heavy atom. The summed E-state index contributed by atoms with van der Waals surface area (Å²) in [5.74, 6) is 0.143. The number of aliphatic hydroxyl groups is 1. The lowest BCUT2D eigenvalue weighted by Gasteiger charge is -2.21. The molecule has 1 aromatic heterocycles. The number of carbonyl (C=O) groups is 1. The number of rotatable bonds is 3. The summed E-state index contributed by atoms with van der Waals surface area (Å²) in [6.07, 6.45) is 1.22. The van der Waals surface area contributed by atoms with Crippen LogP contribution in [0.15, 0.2) is 16.9 Å². The van der Waals surface area contributed by atoms with Gasteiger partial charge in [-0.3, -0.25) is 9.59 Å². The number of alkyl halides is 1. The van der Waals surface area contributed by atoms with Crippen LogP contribution in [0.25, 0.3) is 0 Å². The van der Waals surface area contributed by atoms with E-state index in [1.165, 1.54) is 10.6 Å². The van der Waals surface area contributed by atoms with Crippen LogP contribution in [-0.4, -0.2) is 27.4 Å². The van der Waals surface area contributed by atoms with Gasteiger partial charge in [0.1, 0.15) is 0 Å². The fourth-order valence-electron chi connectivity index (χ4n) is 2.15. The second-order valence-electron chi connectivity index (χ2n) is 4.23. The van der Waals surface area contributed by atoms with E-state index in [4.69, 9.17) is 11.6 Å². The molecule has 0 aromatic carbocycles. The monoisotopic (exact) mass is 255 g/mol. The molecule has 1 atom stereocenters. The molecule has 1 aliphatic carbocycles. The van der Waals surface area contributed by atoms with E-state index in [0.717, 1.165) is 12.1 Å². The van der Waals surface area contributed by atoms with Crippen molar-refractivity contribution in [3.05, 3.63) is 33.7 Å². The highest BCUT2D eigenvalue weighted by Gasteiger charge is 2.21. The highest BCUT2D eigenvalue weighted by Crippen LogP contribution is 2.19. The van der Waals surface area contributed by atoms with E-state index >= 15 is 0 Å². The summed E-state index contributed by atoms with van der Waals surface area (Å²) >= 11 is 5.53. The van der Waals surface area contributed by atoms with Gasteiger partial charge in [-0.2, -0.15) is 0 Å². The van der Waals surface area contributed by atoms with Crippen LogP contribution in [0.2, 0.25) is 0 Å². The van der Waals surface area contributed by atoms with E-state index in [1.807, 2.05) is 0 Å². The van der Waals surface area contributed by atoms with Crippen molar-refractivity contribution in [3.8, 4) is 0 Å². The van der Waals surface area contributed by atoms with E-state index in [1.54, 1.807) is 6.07 Å². The van der Waals surface area contributed by atoms with E-state index in [-0.39, 0.29) is 23.8 Å². The number of halogens is 1. The third-order valence-electron chi connectivity index (χ3n) is 2.98. The molecule has 1 heterocycles. The van der Waals surface area contributed by atoms with E-state index in [9.17, 15) is 14.7 Å². The number of hydrogen-bond acceptors (Lipinski definition) is 3. The first-order valence-electron chi connectivity index (χ1n) is 5.63. The van der Waals surface area contributed by atoms with Crippen LogP contribution >= 0.6 is 11.6 Å². The molecule has 0 radical (unpaired) electrons. The SMILES string of the molecule is O=C1CCCc2c1ccc(=O)n2CC(O)CCl. The molecule has 0 fully saturated rings. The number of carbonyl (C=O) groups excluding carboxylic acids is 1. The van der Waals surface area contributed by atoms with Gasteiger partial charge >= 0.3 is 0 Å². The maximum Gasteiger partial charge on any atom is 0.250 e. The molecular formula is C12H14ClNO3. The maximum absolute atomic E-state index is 11.7. The summed E-state index contributed by atoms with van der Waals surface area (Å²) in [4.78, 5) is 23.4. The third kappa shape index (κ3) is 2.42. The van der Waals surface area contributed by atoms with Crippen LogP contribution in [0.5, 0.6) is 0 Å². The van der Waals surface area contributed by atoms with Crippen molar-refractivity contribution in [3.63, 3.8) is 0 Å². The Labute approximate surface area is 104 Å². The number of hydrogen-bond donors (Lipinski definition) is 1.